The molecule has 1 aliphatic rings. The van der Waals surface area contributed by atoms with Crippen LogP contribution in [-0.4, -0.2) is 9.13 Å². The zero-order chi connectivity index (χ0) is 30.2. The predicted octanol–water partition coefficient (Wildman–Crippen LogP) is 9.71. The van der Waals surface area contributed by atoms with Gasteiger partial charge in [0, 0.05) is 55.2 Å². The summed E-state index contributed by atoms with van der Waals surface area (Å²) in [6.45, 7) is 0.877. The quantitative estimate of drug-likeness (QED) is 0.200. The maximum absolute atomic E-state index is 6.15. The number of aromatic nitrogens is 2. The second-order valence-electron chi connectivity index (χ2n) is 12.5. The van der Waals surface area contributed by atoms with Crippen LogP contribution in [0.25, 0.3) is 83.6 Å². The number of hydrogen-bond acceptors (Lipinski definition) is 1. The molecule has 0 amide bonds. The van der Waals surface area contributed by atoms with Crippen molar-refractivity contribution in [3.05, 3.63) is 150 Å². The number of rotatable bonds is 4. The molecule has 3 aromatic heterocycles. The first-order chi connectivity index (χ1) is 22.8. The van der Waals surface area contributed by atoms with Crippen molar-refractivity contribution in [3.8, 4) is 16.8 Å². The fourth-order valence-electron chi connectivity index (χ4n) is 7.68. The zero-order valence-corrected chi connectivity index (χ0v) is 25.3. The zero-order valence-electron chi connectivity index (χ0n) is 25.3. The first kappa shape index (κ1) is 25.5. The minimum absolute atomic E-state index is 0.877. The average Bonchev–Trinajstić information content (AvgIpc) is 3.76. The van der Waals surface area contributed by atoms with E-state index in [4.69, 9.17) is 4.42 Å². The van der Waals surface area contributed by atoms with E-state index in [2.05, 4.69) is 143 Å². The first-order valence-corrected chi connectivity index (χ1v) is 16.1. The Hall–Kier alpha value is -5.80. The molecule has 0 unspecified atom stereocenters. The Labute approximate surface area is 265 Å². The van der Waals surface area contributed by atoms with Gasteiger partial charge in [-0.2, -0.15) is 0 Å². The highest BCUT2D eigenvalue weighted by molar-refractivity contribution is 6.11. The summed E-state index contributed by atoms with van der Waals surface area (Å²) >= 11 is 0. The second-order valence-corrected chi connectivity index (χ2v) is 12.5. The van der Waals surface area contributed by atoms with Crippen LogP contribution >= 0.6 is 0 Å². The number of nitrogens with zero attached hydrogens (tertiary/aromatic N) is 2. The maximum Gasteiger partial charge on any atom is 0.135 e. The van der Waals surface area contributed by atoms with Crippen LogP contribution in [0.15, 0.2) is 138 Å². The Bertz CT molecular complexity index is 2770. The molecule has 3 nitrogen and oxygen atoms in total. The van der Waals surface area contributed by atoms with Gasteiger partial charge in [-0.25, -0.2) is 0 Å². The van der Waals surface area contributed by atoms with Crippen molar-refractivity contribution < 1.29 is 4.42 Å². The Kier molecular flexibility index (Phi) is 5.47. The minimum Gasteiger partial charge on any atom is -0.456 e. The summed E-state index contributed by atoms with van der Waals surface area (Å²) in [4.78, 5) is 0. The van der Waals surface area contributed by atoms with Crippen molar-refractivity contribution >= 4 is 66.8 Å². The molecule has 46 heavy (non-hydrogen) atoms. The van der Waals surface area contributed by atoms with E-state index in [-0.39, 0.29) is 0 Å². The molecular weight excluding hydrogens is 560 g/mol. The van der Waals surface area contributed by atoms with Gasteiger partial charge in [-0.1, -0.05) is 91.0 Å². The van der Waals surface area contributed by atoms with E-state index in [0.717, 1.165) is 47.0 Å². The third kappa shape index (κ3) is 3.78. The van der Waals surface area contributed by atoms with Crippen LogP contribution in [0.3, 0.4) is 0 Å². The summed E-state index contributed by atoms with van der Waals surface area (Å²) in [6, 6.07) is 48.4. The molecule has 3 heteroatoms. The number of hydrogen-bond donors (Lipinski definition) is 0. The number of furan rings is 1. The monoisotopic (exact) mass is 590 g/mol. The van der Waals surface area contributed by atoms with E-state index < -0.39 is 0 Å². The third-order valence-electron chi connectivity index (χ3n) is 9.81. The number of para-hydroxylation sites is 2. The molecule has 218 valence electrons. The third-order valence-corrected chi connectivity index (χ3v) is 9.81. The minimum atomic E-state index is 0.877. The van der Waals surface area contributed by atoms with Crippen molar-refractivity contribution in [2.75, 3.05) is 0 Å². The molecule has 0 saturated carbocycles. The molecule has 0 aliphatic heterocycles. The lowest BCUT2D eigenvalue weighted by molar-refractivity contribution is 0.669. The van der Waals surface area contributed by atoms with Crippen LogP contribution < -0.4 is 10.6 Å². The standard InChI is InChI=1S/C43H30N2O/c1-2-10-28(11-3-1)27-44-38-15-7-4-12-32(38)35-24-29(18-21-39(35)44)30-19-22-41-36(25-30)33-13-5-8-16-40(33)45(41)31-20-23-43-37(26-31)34-14-6-9-17-42(34)46-43/h1-3,5-6,8-26H,4,7,27H2. The largest absolute Gasteiger partial charge is 0.456 e. The molecule has 0 radical (unpaired) electrons. The van der Waals surface area contributed by atoms with Crippen LogP contribution in [0.2, 0.25) is 0 Å². The Morgan fingerprint density at radius 3 is 2.09 bits per heavy atom. The van der Waals surface area contributed by atoms with Gasteiger partial charge < -0.3 is 13.6 Å². The number of fused-ring (bicyclic) bond motifs is 9. The van der Waals surface area contributed by atoms with Crippen LogP contribution in [0, 0.1) is 0 Å². The van der Waals surface area contributed by atoms with Gasteiger partial charge in [0.05, 0.1) is 11.0 Å². The predicted molar refractivity (Wildman–Crippen MR) is 192 cm³/mol. The topological polar surface area (TPSA) is 23.0 Å². The Morgan fingerprint density at radius 2 is 1.20 bits per heavy atom. The van der Waals surface area contributed by atoms with Crippen LogP contribution in [0.4, 0.5) is 0 Å². The molecule has 9 aromatic rings. The van der Waals surface area contributed by atoms with E-state index in [1.54, 1.807) is 0 Å². The Balaban J connectivity index is 1.15. The van der Waals surface area contributed by atoms with Crippen molar-refractivity contribution in [2.24, 2.45) is 0 Å². The number of benzene rings is 6. The summed E-state index contributed by atoms with van der Waals surface area (Å²) in [5.41, 5.74) is 10.5. The molecule has 0 spiro atoms. The summed E-state index contributed by atoms with van der Waals surface area (Å²) in [5.74, 6) is 0. The van der Waals surface area contributed by atoms with E-state index >= 15 is 0 Å². The maximum atomic E-state index is 6.15. The summed E-state index contributed by atoms with van der Waals surface area (Å²) in [6.07, 6.45) is 7.03. The second kappa shape index (κ2) is 9.85. The van der Waals surface area contributed by atoms with Crippen molar-refractivity contribution in [2.45, 2.75) is 19.4 Å². The van der Waals surface area contributed by atoms with Gasteiger partial charge >= 0.3 is 0 Å². The molecule has 3 heterocycles. The van der Waals surface area contributed by atoms with E-state index in [0.29, 0.717) is 0 Å². The average molecular weight is 591 g/mol. The van der Waals surface area contributed by atoms with Crippen LogP contribution in [0.5, 0.6) is 0 Å². The van der Waals surface area contributed by atoms with E-state index in [1.165, 1.54) is 60.0 Å². The molecule has 10 rings (SSSR count). The highest BCUT2D eigenvalue weighted by atomic mass is 16.3. The van der Waals surface area contributed by atoms with E-state index in [9.17, 15) is 0 Å². The van der Waals surface area contributed by atoms with Crippen molar-refractivity contribution in [1.29, 1.82) is 0 Å². The molecule has 0 atom stereocenters. The lowest BCUT2D eigenvalue weighted by atomic mass is 10.0. The molecule has 6 aromatic carbocycles. The lowest BCUT2D eigenvalue weighted by Gasteiger charge is -2.09. The van der Waals surface area contributed by atoms with Crippen molar-refractivity contribution in [1.82, 2.24) is 9.13 Å². The normalized spacial score (nSPS) is 13.0. The molecule has 0 N–H and O–H groups in total. The van der Waals surface area contributed by atoms with Crippen LogP contribution in [0.1, 0.15) is 18.4 Å². The summed E-state index contributed by atoms with van der Waals surface area (Å²) in [5, 5.41) is 8.86. The fraction of sp³-hybridized carbons (Fsp3) is 0.0698. The van der Waals surface area contributed by atoms with Crippen LogP contribution in [-0.2, 0) is 6.54 Å². The van der Waals surface area contributed by atoms with Gasteiger partial charge in [0.1, 0.15) is 11.2 Å². The van der Waals surface area contributed by atoms with E-state index in [1.807, 2.05) is 12.1 Å². The fourth-order valence-corrected chi connectivity index (χ4v) is 7.68. The van der Waals surface area contributed by atoms with Crippen molar-refractivity contribution in [3.63, 3.8) is 0 Å². The molecule has 0 saturated heterocycles. The Morgan fingerprint density at radius 1 is 0.500 bits per heavy atom. The molecule has 1 aliphatic carbocycles. The molecular formula is C43H30N2O. The van der Waals surface area contributed by atoms with Gasteiger partial charge in [-0.05, 0) is 84.1 Å². The SMILES string of the molecule is C1=c2c(n(Cc3ccccc3)c3ccc(-c4ccc5c(c4)c4ccccc4n5-c4ccc5oc6ccccc6c5c4)cc23)=CCC1. The lowest BCUT2D eigenvalue weighted by Crippen LogP contribution is -2.31. The smallest absolute Gasteiger partial charge is 0.135 e. The molecule has 0 fully saturated rings. The highest BCUT2D eigenvalue weighted by Gasteiger charge is 2.16. The first-order valence-electron chi connectivity index (χ1n) is 16.1. The van der Waals surface area contributed by atoms with Gasteiger partial charge in [0.15, 0.2) is 0 Å². The molecule has 0 bridgehead atoms. The van der Waals surface area contributed by atoms with Gasteiger partial charge in [-0.3, -0.25) is 0 Å². The highest BCUT2D eigenvalue weighted by Crippen LogP contribution is 2.37. The summed E-state index contributed by atoms with van der Waals surface area (Å²) < 4.78 is 11.0. The van der Waals surface area contributed by atoms with Gasteiger partial charge in [-0.15, -0.1) is 0 Å². The van der Waals surface area contributed by atoms with Gasteiger partial charge in [0.2, 0.25) is 0 Å². The summed E-state index contributed by atoms with van der Waals surface area (Å²) in [7, 11) is 0. The van der Waals surface area contributed by atoms with Gasteiger partial charge in [0.25, 0.3) is 0 Å².